The Hall–Kier alpha value is -3.45. The van der Waals surface area contributed by atoms with Crippen molar-refractivity contribution in [1.29, 1.82) is 0 Å². The smallest absolute Gasteiger partial charge is 0.318 e. The fourth-order valence-electron chi connectivity index (χ4n) is 3.93. The molecule has 4 aromatic rings. The maximum atomic E-state index is 13.3. The Balaban J connectivity index is 1.50. The number of hydrogen-bond donors (Lipinski definition) is 1. The molecule has 0 aliphatic carbocycles. The number of carbonyl (C=O) groups is 1. The molecule has 6 nitrogen and oxygen atoms in total. The predicted molar refractivity (Wildman–Crippen MR) is 119 cm³/mol. The number of esters is 1. The van der Waals surface area contributed by atoms with Gasteiger partial charge in [0, 0.05) is 16.0 Å². The molecule has 1 unspecified atom stereocenters. The van der Waals surface area contributed by atoms with Crippen molar-refractivity contribution in [2.75, 3.05) is 0 Å². The molecule has 3 heterocycles. The number of thiophene rings is 1. The summed E-state index contributed by atoms with van der Waals surface area (Å²) in [6.45, 7) is 5.59. The summed E-state index contributed by atoms with van der Waals surface area (Å²) in [7, 11) is 0. The van der Waals surface area contributed by atoms with Crippen molar-refractivity contribution >= 4 is 27.5 Å². The van der Waals surface area contributed by atoms with Crippen molar-refractivity contribution in [2.24, 2.45) is 0 Å². The van der Waals surface area contributed by atoms with Gasteiger partial charge in [-0.25, -0.2) is 4.98 Å². The van der Waals surface area contributed by atoms with Crippen LogP contribution in [-0.2, 0) is 9.53 Å². The molecule has 0 saturated heterocycles. The standard InChI is InChI=1S/C24H20N2O4S/c1-12-14(3)31-23-19(12)22(27)25-21(26-23)13(2)29-24(28)20-15-8-4-6-10-17(15)30-18-11-7-5-9-16(18)20/h4-11,13,20H,1-3H3,(H,25,26,27). The fraction of sp³-hybridized carbons (Fsp3) is 0.208. The summed E-state index contributed by atoms with van der Waals surface area (Å²) in [4.78, 5) is 35.0. The summed E-state index contributed by atoms with van der Waals surface area (Å²) in [5.41, 5.74) is 2.21. The number of benzene rings is 2. The summed E-state index contributed by atoms with van der Waals surface area (Å²) >= 11 is 1.46. The summed E-state index contributed by atoms with van der Waals surface area (Å²) in [6.07, 6.45) is -0.713. The van der Waals surface area contributed by atoms with E-state index in [1.54, 1.807) is 6.92 Å². The van der Waals surface area contributed by atoms with E-state index in [4.69, 9.17) is 9.47 Å². The number of ether oxygens (including phenoxy) is 2. The van der Waals surface area contributed by atoms with Crippen LogP contribution < -0.4 is 10.3 Å². The van der Waals surface area contributed by atoms with E-state index in [1.165, 1.54) is 11.3 Å². The van der Waals surface area contributed by atoms with E-state index < -0.39 is 18.0 Å². The molecule has 7 heteroatoms. The molecule has 0 fully saturated rings. The number of para-hydroxylation sites is 2. The molecule has 1 aliphatic heterocycles. The van der Waals surface area contributed by atoms with E-state index in [0.717, 1.165) is 21.6 Å². The largest absolute Gasteiger partial charge is 0.457 e. The van der Waals surface area contributed by atoms with E-state index in [-0.39, 0.29) is 5.56 Å². The highest BCUT2D eigenvalue weighted by molar-refractivity contribution is 7.18. The van der Waals surface area contributed by atoms with E-state index in [1.807, 2.05) is 62.4 Å². The van der Waals surface area contributed by atoms with Gasteiger partial charge in [-0.15, -0.1) is 11.3 Å². The third-order valence-electron chi connectivity index (χ3n) is 5.65. The molecule has 0 bridgehead atoms. The molecular formula is C24H20N2O4S. The van der Waals surface area contributed by atoms with Gasteiger partial charge < -0.3 is 14.5 Å². The van der Waals surface area contributed by atoms with Gasteiger partial charge in [0.25, 0.3) is 5.56 Å². The molecule has 1 aliphatic rings. The number of H-pyrrole nitrogens is 1. The lowest BCUT2D eigenvalue weighted by Crippen LogP contribution is -2.24. The molecule has 1 N–H and O–H groups in total. The van der Waals surface area contributed by atoms with Gasteiger partial charge in [0.15, 0.2) is 11.9 Å². The summed E-state index contributed by atoms with van der Waals surface area (Å²) in [5, 5.41) is 0.595. The van der Waals surface area contributed by atoms with Crippen LogP contribution in [-0.4, -0.2) is 15.9 Å². The van der Waals surface area contributed by atoms with Crippen LogP contribution in [0.4, 0.5) is 0 Å². The van der Waals surface area contributed by atoms with Gasteiger partial charge in [-0.05, 0) is 38.5 Å². The van der Waals surface area contributed by atoms with E-state index in [2.05, 4.69) is 9.97 Å². The Morgan fingerprint density at radius 3 is 2.35 bits per heavy atom. The second kappa shape index (κ2) is 7.35. The third kappa shape index (κ3) is 3.21. The molecule has 156 valence electrons. The van der Waals surface area contributed by atoms with Crippen LogP contribution in [0.2, 0.25) is 0 Å². The summed E-state index contributed by atoms with van der Waals surface area (Å²) < 4.78 is 11.8. The number of rotatable bonds is 3. The fourth-order valence-corrected chi connectivity index (χ4v) is 4.96. The lowest BCUT2D eigenvalue weighted by Gasteiger charge is -2.27. The molecule has 2 aromatic heterocycles. The van der Waals surface area contributed by atoms with Crippen LogP contribution >= 0.6 is 11.3 Å². The minimum atomic E-state index is -0.713. The molecule has 0 spiro atoms. The first-order valence-corrected chi connectivity index (χ1v) is 10.8. The van der Waals surface area contributed by atoms with Gasteiger partial charge in [-0.2, -0.15) is 0 Å². The Morgan fingerprint density at radius 1 is 1.10 bits per heavy atom. The van der Waals surface area contributed by atoms with Crippen LogP contribution in [0.1, 0.15) is 46.3 Å². The second-order valence-corrected chi connectivity index (χ2v) is 8.81. The van der Waals surface area contributed by atoms with Gasteiger partial charge in [0.05, 0.1) is 5.39 Å². The molecule has 0 amide bonds. The minimum Gasteiger partial charge on any atom is -0.457 e. The number of aromatic nitrogens is 2. The van der Waals surface area contributed by atoms with Crippen molar-refractivity contribution in [1.82, 2.24) is 9.97 Å². The lowest BCUT2D eigenvalue weighted by molar-refractivity contribution is -0.149. The van der Waals surface area contributed by atoms with Crippen LogP contribution in [0, 0.1) is 13.8 Å². The van der Waals surface area contributed by atoms with Gasteiger partial charge >= 0.3 is 5.97 Å². The number of fused-ring (bicyclic) bond motifs is 3. The van der Waals surface area contributed by atoms with Crippen molar-refractivity contribution in [3.63, 3.8) is 0 Å². The summed E-state index contributed by atoms with van der Waals surface area (Å²) in [5.74, 6) is 0.560. The molecule has 0 saturated carbocycles. The monoisotopic (exact) mass is 432 g/mol. The van der Waals surface area contributed by atoms with Crippen LogP contribution in [0.5, 0.6) is 11.5 Å². The lowest BCUT2D eigenvalue weighted by atomic mass is 9.88. The highest BCUT2D eigenvalue weighted by atomic mass is 32.1. The number of nitrogens with one attached hydrogen (secondary N) is 1. The SMILES string of the molecule is Cc1sc2nc(C(C)OC(=O)C3c4ccccc4Oc4ccccc43)[nH]c(=O)c2c1C. The normalized spacial score (nSPS) is 13.9. The van der Waals surface area contributed by atoms with Crippen LogP contribution in [0.25, 0.3) is 10.2 Å². The Bertz CT molecular complexity index is 1340. The number of hydrogen-bond acceptors (Lipinski definition) is 6. The van der Waals surface area contributed by atoms with E-state index >= 15 is 0 Å². The first-order valence-electron chi connectivity index (χ1n) is 10.00. The average Bonchev–Trinajstić information content (AvgIpc) is 3.05. The molecule has 1 atom stereocenters. The zero-order chi connectivity index (χ0) is 21.7. The van der Waals surface area contributed by atoms with Crippen LogP contribution in [0.3, 0.4) is 0 Å². The molecule has 0 radical (unpaired) electrons. The van der Waals surface area contributed by atoms with Crippen LogP contribution in [0.15, 0.2) is 53.3 Å². The van der Waals surface area contributed by atoms with Gasteiger partial charge in [0.1, 0.15) is 22.2 Å². The predicted octanol–water partition coefficient (Wildman–Crippen LogP) is 5.14. The van der Waals surface area contributed by atoms with E-state index in [9.17, 15) is 9.59 Å². The minimum absolute atomic E-state index is 0.216. The van der Waals surface area contributed by atoms with Gasteiger partial charge in [0.2, 0.25) is 0 Å². The molecule has 31 heavy (non-hydrogen) atoms. The van der Waals surface area contributed by atoms with Crippen molar-refractivity contribution in [3.05, 3.63) is 86.3 Å². The maximum Gasteiger partial charge on any atom is 0.318 e. The highest BCUT2D eigenvalue weighted by Crippen LogP contribution is 2.44. The third-order valence-corrected chi connectivity index (χ3v) is 6.75. The van der Waals surface area contributed by atoms with Crippen molar-refractivity contribution < 1.29 is 14.3 Å². The number of nitrogens with zero attached hydrogens (tertiary/aromatic N) is 1. The van der Waals surface area contributed by atoms with E-state index in [0.29, 0.717) is 27.5 Å². The van der Waals surface area contributed by atoms with Crippen molar-refractivity contribution in [3.8, 4) is 11.5 Å². The second-order valence-electron chi connectivity index (χ2n) is 7.60. The zero-order valence-electron chi connectivity index (χ0n) is 17.3. The topological polar surface area (TPSA) is 81.3 Å². The summed E-state index contributed by atoms with van der Waals surface area (Å²) in [6, 6.07) is 14.9. The molecule has 5 rings (SSSR count). The number of aromatic amines is 1. The number of carbonyl (C=O) groups excluding carboxylic acids is 1. The van der Waals surface area contributed by atoms with Gasteiger partial charge in [-0.3, -0.25) is 9.59 Å². The Kier molecular flexibility index (Phi) is 4.63. The Morgan fingerprint density at radius 2 is 1.71 bits per heavy atom. The molecular weight excluding hydrogens is 412 g/mol. The maximum absolute atomic E-state index is 13.3. The first-order chi connectivity index (χ1) is 14.9. The van der Waals surface area contributed by atoms with Gasteiger partial charge in [-0.1, -0.05) is 36.4 Å². The number of aryl methyl sites for hydroxylation is 2. The van der Waals surface area contributed by atoms with Crippen molar-refractivity contribution in [2.45, 2.75) is 32.8 Å². The molecule has 2 aromatic carbocycles. The average molecular weight is 433 g/mol. The zero-order valence-corrected chi connectivity index (χ0v) is 18.1. The quantitative estimate of drug-likeness (QED) is 0.453. The Labute approximate surface area is 182 Å². The first kappa shape index (κ1) is 19.5. The highest BCUT2D eigenvalue weighted by Gasteiger charge is 2.34.